The van der Waals surface area contributed by atoms with Gasteiger partial charge in [-0.25, -0.2) is 0 Å². The van der Waals surface area contributed by atoms with E-state index < -0.39 is 0 Å². The van der Waals surface area contributed by atoms with Crippen molar-refractivity contribution in [2.45, 2.75) is 20.1 Å². The van der Waals surface area contributed by atoms with Crippen LogP contribution in [0, 0.1) is 0 Å². The Bertz CT molecular complexity index is 622. The van der Waals surface area contributed by atoms with E-state index in [9.17, 15) is 5.11 Å². The van der Waals surface area contributed by atoms with Crippen molar-refractivity contribution >= 4 is 27.5 Å². The highest BCUT2D eigenvalue weighted by molar-refractivity contribution is 9.10. The topological polar surface area (TPSA) is 51.6 Å². The van der Waals surface area contributed by atoms with Gasteiger partial charge in [0.2, 0.25) is 0 Å². The molecule has 0 saturated heterocycles. The van der Waals surface area contributed by atoms with Crippen molar-refractivity contribution in [1.29, 1.82) is 0 Å². The lowest BCUT2D eigenvalue weighted by Crippen LogP contribution is -2.02. The second kappa shape index (κ2) is 7.64. The van der Waals surface area contributed by atoms with E-state index in [4.69, 9.17) is 21.1 Å². The van der Waals surface area contributed by atoms with Crippen molar-refractivity contribution in [3.63, 3.8) is 0 Å². The Morgan fingerprint density at radius 1 is 1.33 bits per heavy atom. The second-order valence-corrected chi connectivity index (χ2v) is 5.51. The molecule has 1 aromatic heterocycles. The lowest BCUT2D eigenvalue weighted by Gasteiger charge is -2.15. The van der Waals surface area contributed by atoms with Crippen LogP contribution in [-0.4, -0.2) is 16.7 Å². The predicted octanol–water partition coefficient (Wildman–Crippen LogP) is 3.97. The molecule has 1 N–H and O–H groups in total. The SMILES string of the molecule is CCOc1cc(CO)cc(Br)c1OCc1ccncc1Cl. The summed E-state index contributed by atoms with van der Waals surface area (Å²) in [5.41, 5.74) is 1.59. The van der Waals surface area contributed by atoms with Crippen LogP contribution in [0.15, 0.2) is 35.1 Å². The lowest BCUT2D eigenvalue weighted by molar-refractivity contribution is 0.262. The number of rotatable bonds is 6. The zero-order valence-corrected chi connectivity index (χ0v) is 13.8. The number of nitrogens with zero attached hydrogens (tertiary/aromatic N) is 1. The summed E-state index contributed by atoms with van der Waals surface area (Å²) in [6, 6.07) is 5.36. The molecule has 0 radical (unpaired) electrons. The van der Waals surface area contributed by atoms with Crippen LogP contribution in [0.3, 0.4) is 0 Å². The molecule has 0 spiro atoms. The highest BCUT2D eigenvalue weighted by Crippen LogP contribution is 2.37. The van der Waals surface area contributed by atoms with Crippen molar-refractivity contribution < 1.29 is 14.6 Å². The molecule has 0 aliphatic carbocycles. The molecule has 6 heteroatoms. The summed E-state index contributed by atoms with van der Waals surface area (Å²) >= 11 is 9.50. The fraction of sp³-hybridized carbons (Fsp3) is 0.267. The van der Waals surface area contributed by atoms with Crippen LogP contribution in [0.4, 0.5) is 0 Å². The molecular formula is C15H15BrClNO3. The van der Waals surface area contributed by atoms with E-state index in [-0.39, 0.29) is 6.61 Å². The van der Waals surface area contributed by atoms with E-state index in [0.29, 0.717) is 29.7 Å². The molecule has 2 aromatic rings. The number of hydrogen-bond donors (Lipinski definition) is 1. The highest BCUT2D eigenvalue weighted by Gasteiger charge is 2.13. The fourth-order valence-electron chi connectivity index (χ4n) is 1.79. The number of halogens is 2. The molecule has 1 aromatic carbocycles. The Morgan fingerprint density at radius 2 is 2.14 bits per heavy atom. The van der Waals surface area contributed by atoms with Crippen LogP contribution in [0.25, 0.3) is 0 Å². The largest absolute Gasteiger partial charge is 0.490 e. The first-order valence-electron chi connectivity index (χ1n) is 6.43. The number of aliphatic hydroxyl groups is 1. The maximum absolute atomic E-state index is 9.25. The molecule has 0 amide bonds. The first-order chi connectivity index (χ1) is 10.2. The molecule has 2 rings (SSSR count). The molecule has 0 aliphatic rings. The van der Waals surface area contributed by atoms with Gasteiger partial charge in [-0.05, 0) is 46.6 Å². The number of aromatic nitrogens is 1. The fourth-order valence-corrected chi connectivity index (χ4v) is 2.56. The van der Waals surface area contributed by atoms with E-state index in [1.807, 2.05) is 6.92 Å². The minimum Gasteiger partial charge on any atom is -0.490 e. The van der Waals surface area contributed by atoms with Gasteiger partial charge in [0.15, 0.2) is 11.5 Å². The van der Waals surface area contributed by atoms with Gasteiger partial charge >= 0.3 is 0 Å². The van der Waals surface area contributed by atoms with E-state index >= 15 is 0 Å². The number of pyridine rings is 1. The van der Waals surface area contributed by atoms with Gasteiger partial charge in [-0.1, -0.05) is 11.6 Å². The second-order valence-electron chi connectivity index (χ2n) is 4.25. The Morgan fingerprint density at radius 3 is 2.81 bits per heavy atom. The zero-order chi connectivity index (χ0) is 15.2. The first-order valence-corrected chi connectivity index (χ1v) is 7.60. The standard InChI is InChI=1S/C15H15BrClNO3/c1-2-20-14-6-10(8-19)5-12(16)15(14)21-9-11-3-4-18-7-13(11)17/h3-7,19H,2,8-9H2,1H3. The molecule has 0 bridgehead atoms. The van der Waals surface area contributed by atoms with Crippen molar-refractivity contribution in [1.82, 2.24) is 4.98 Å². The zero-order valence-electron chi connectivity index (χ0n) is 11.5. The molecule has 0 aliphatic heterocycles. The maximum atomic E-state index is 9.25. The summed E-state index contributed by atoms with van der Waals surface area (Å²) in [5, 5.41) is 9.80. The van der Waals surface area contributed by atoms with Gasteiger partial charge in [0.05, 0.1) is 22.7 Å². The summed E-state index contributed by atoms with van der Waals surface area (Å²) in [5.74, 6) is 1.17. The van der Waals surface area contributed by atoms with Crippen LogP contribution in [0.2, 0.25) is 5.02 Å². The number of aliphatic hydroxyl groups excluding tert-OH is 1. The molecule has 4 nitrogen and oxygen atoms in total. The summed E-state index contributed by atoms with van der Waals surface area (Å²) < 4.78 is 12.1. The van der Waals surface area contributed by atoms with Gasteiger partial charge in [0, 0.05) is 18.0 Å². The van der Waals surface area contributed by atoms with Crippen LogP contribution in [0.1, 0.15) is 18.1 Å². The van der Waals surface area contributed by atoms with Crippen LogP contribution < -0.4 is 9.47 Å². The van der Waals surface area contributed by atoms with Crippen molar-refractivity contribution in [2.75, 3.05) is 6.61 Å². The van der Waals surface area contributed by atoms with Gasteiger partial charge in [-0.15, -0.1) is 0 Å². The Labute approximate surface area is 136 Å². The summed E-state index contributed by atoms with van der Waals surface area (Å²) in [7, 11) is 0. The summed E-state index contributed by atoms with van der Waals surface area (Å²) in [4.78, 5) is 3.94. The highest BCUT2D eigenvalue weighted by atomic mass is 79.9. The third-order valence-electron chi connectivity index (χ3n) is 2.78. The van der Waals surface area contributed by atoms with Gasteiger partial charge in [-0.3, -0.25) is 4.98 Å². The smallest absolute Gasteiger partial charge is 0.175 e. The molecule has 112 valence electrons. The van der Waals surface area contributed by atoms with Crippen LogP contribution >= 0.6 is 27.5 Å². The molecule has 0 saturated carbocycles. The minimum absolute atomic E-state index is 0.0604. The molecule has 21 heavy (non-hydrogen) atoms. The predicted molar refractivity (Wildman–Crippen MR) is 84.8 cm³/mol. The molecule has 1 heterocycles. The van der Waals surface area contributed by atoms with Crippen molar-refractivity contribution in [3.8, 4) is 11.5 Å². The van der Waals surface area contributed by atoms with Crippen LogP contribution in [-0.2, 0) is 13.2 Å². The summed E-state index contributed by atoms with van der Waals surface area (Å²) in [6.07, 6.45) is 3.24. The average Bonchev–Trinajstić information content (AvgIpc) is 2.48. The van der Waals surface area contributed by atoms with Gasteiger partial charge in [-0.2, -0.15) is 0 Å². The minimum atomic E-state index is -0.0604. The third kappa shape index (κ3) is 4.09. The summed E-state index contributed by atoms with van der Waals surface area (Å²) in [6.45, 7) is 2.64. The lowest BCUT2D eigenvalue weighted by atomic mass is 10.2. The molecular weight excluding hydrogens is 358 g/mol. The van der Waals surface area contributed by atoms with E-state index in [1.165, 1.54) is 0 Å². The molecule has 0 atom stereocenters. The quantitative estimate of drug-likeness (QED) is 0.833. The third-order valence-corrected chi connectivity index (χ3v) is 3.71. The average molecular weight is 373 g/mol. The maximum Gasteiger partial charge on any atom is 0.175 e. The van der Waals surface area contributed by atoms with E-state index in [1.54, 1.807) is 30.6 Å². The van der Waals surface area contributed by atoms with Crippen LogP contribution in [0.5, 0.6) is 11.5 Å². The Hall–Kier alpha value is -1.30. The van der Waals surface area contributed by atoms with E-state index in [0.717, 1.165) is 15.6 Å². The monoisotopic (exact) mass is 371 g/mol. The Balaban J connectivity index is 2.24. The number of benzene rings is 1. The number of hydrogen-bond acceptors (Lipinski definition) is 4. The number of ether oxygens (including phenoxy) is 2. The van der Waals surface area contributed by atoms with Gasteiger partial charge in [0.1, 0.15) is 6.61 Å². The Kier molecular flexibility index (Phi) is 5.85. The van der Waals surface area contributed by atoms with Crippen molar-refractivity contribution in [3.05, 3.63) is 51.2 Å². The molecule has 0 fully saturated rings. The van der Waals surface area contributed by atoms with Crippen molar-refractivity contribution in [2.24, 2.45) is 0 Å². The molecule has 0 unspecified atom stereocenters. The van der Waals surface area contributed by atoms with Gasteiger partial charge in [0.25, 0.3) is 0 Å². The van der Waals surface area contributed by atoms with E-state index in [2.05, 4.69) is 20.9 Å². The van der Waals surface area contributed by atoms with Gasteiger partial charge < -0.3 is 14.6 Å². The normalized spacial score (nSPS) is 10.5. The first kappa shape index (κ1) is 16.1.